The molecular weight excluding hydrogens is 232 g/mol. The molecule has 1 unspecified atom stereocenters. The first-order valence-corrected chi connectivity index (χ1v) is 6.05. The lowest BCUT2D eigenvalue weighted by Gasteiger charge is -2.36. The lowest BCUT2D eigenvalue weighted by molar-refractivity contribution is -0.123. The van der Waals surface area contributed by atoms with Crippen molar-refractivity contribution in [3.63, 3.8) is 0 Å². The molecule has 2 N–H and O–H groups in total. The van der Waals surface area contributed by atoms with Crippen LogP contribution in [0.15, 0.2) is 24.3 Å². The standard InChI is InChI=1S/C13H18N2O3/c1-18-11-4-2-3-10(9-11)15-7-6-14-13(17)12(15)5-8-16/h2-4,9,12,16H,5-8H2,1H3,(H,14,17). The van der Waals surface area contributed by atoms with E-state index in [0.29, 0.717) is 13.0 Å². The number of methoxy groups -OCH3 is 1. The Bertz CT molecular complexity index is 422. The topological polar surface area (TPSA) is 61.8 Å². The molecule has 1 atom stereocenters. The molecule has 0 radical (unpaired) electrons. The number of anilines is 1. The van der Waals surface area contributed by atoms with E-state index in [4.69, 9.17) is 9.84 Å². The summed E-state index contributed by atoms with van der Waals surface area (Å²) >= 11 is 0. The summed E-state index contributed by atoms with van der Waals surface area (Å²) in [5.74, 6) is 0.736. The fourth-order valence-corrected chi connectivity index (χ4v) is 2.22. The van der Waals surface area contributed by atoms with Crippen LogP contribution in [0.2, 0.25) is 0 Å². The summed E-state index contributed by atoms with van der Waals surface area (Å²) < 4.78 is 5.19. The Morgan fingerprint density at radius 1 is 1.56 bits per heavy atom. The number of benzene rings is 1. The van der Waals surface area contributed by atoms with Crippen molar-refractivity contribution in [3.05, 3.63) is 24.3 Å². The zero-order chi connectivity index (χ0) is 13.0. The number of carbonyl (C=O) groups is 1. The largest absolute Gasteiger partial charge is 0.497 e. The number of amides is 1. The van der Waals surface area contributed by atoms with Crippen molar-refractivity contribution < 1.29 is 14.6 Å². The van der Waals surface area contributed by atoms with Crippen molar-refractivity contribution in [1.82, 2.24) is 5.32 Å². The molecule has 0 spiro atoms. The van der Waals surface area contributed by atoms with E-state index in [1.54, 1.807) is 7.11 Å². The lowest BCUT2D eigenvalue weighted by Crippen LogP contribution is -2.55. The van der Waals surface area contributed by atoms with Crippen LogP contribution in [0, 0.1) is 0 Å². The zero-order valence-electron chi connectivity index (χ0n) is 10.4. The van der Waals surface area contributed by atoms with Crippen LogP contribution in [0.1, 0.15) is 6.42 Å². The number of aliphatic hydroxyl groups is 1. The number of hydrogen-bond acceptors (Lipinski definition) is 4. The van der Waals surface area contributed by atoms with Gasteiger partial charge in [0.2, 0.25) is 5.91 Å². The van der Waals surface area contributed by atoms with E-state index in [1.807, 2.05) is 29.2 Å². The van der Waals surface area contributed by atoms with E-state index >= 15 is 0 Å². The first-order chi connectivity index (χ1) is 8.76. The fraction of sp³-hybridized carbons (Fsp3) is 0.462. The Kier molecular flexibility index (Phi) is 4.04. The molecule has 1 saturated heterocycles. The van der Waals surface area contributed by atoms with Crippen LogP contribution < -0.4 is 15.0 Å². The number of hydrogen-bond donors (Lipinski definition) is 2. The number of piperazine rings is 1. The van der Waals surface area contributed by atoms with Gasteiger partial charge in [-0.1, -0.05) is 6.07 Å². The van der Waals surface area contributed by atoms with Crippen LogP contribution in [0.5, 0.6) is 5.75 Å². The van der Waals surface area contributed by atoms with E-state index in [9.17, 15) is 4.79 Å². The van der Waals surface area contributed by atoms with Gasteiger partial charge in [-0.2, -0.15) is 0 Å². The van der Waals surface area contributed by atoms with Crippen LogP contribution in [0.4, 0.5) is 5.69 Å². The summed E-state index contributed by atoms with van der Waals surface area (Å²) in [6, 6.07) is 7.32. The van der Waals surface area contributed by atoms with Gasteiger partial charge in [0.25, 0.3) is 0 Å². The molecule has 5 nitrogen and oxygen atoms in total. The van der Waals surface area contributed by atoms with Gasteiger partial charge in [0.05, 0.1) is 7.11 Å². The highest BCUT2D eigenvalue weighted by Crippen LogP contribution is 2.24. The highest BCUT2D eigenvalue weighted by Gasteiger charge is 2.29. The van der Waals surface area contributed by atoms with Gasteiger partial charge in [-0.3, -0.25) is 4.79 Å². The molecule has 18 heavy (non-hydrogen) atoms. The van der Waals surface area contributed by atoms with E-state index in [0.717, 1.165) is 18.0 Å². The number of rotatable bonds is 4. The van der Waals surface area contributed by atoms with Crippen molar-refractivity contribution in [2.45, 2.75) is 12.5 Å². The second-order valence-electron chi connectivity index (χ2n) is 4.21. The summed E-state index contributed by atoms with van der Waals surface area (Å²) in [5, 5.41) is 11.9. The molecule has 0 aromatic heterocycles. The molecule has 1 aliphatic rings. The maximum Gasteiger partial charge on any atom is 0.242 e. The third-order valence-corrected chi connectivity index (χ3v) is 3.12. The Hall–Kier alpha value is -1.75. The van der Waals surface area contributed by atoms with Gasteiger partial charge in [-0.15, -0.1) is 0 Å². The van der Waals surface area contributed by atoms with Gasteiger partial charge in [-0.05, 0) is 18.6 Å². The molecule has 98 valence electrons. The quantitative estimate of drug-likeness (QED) is 0.811. The predicted molar refractivity (Wildman–Crippen MR) is 68.8 cm³/mol. The van der Waals surface area contributed by atoms with Gasteiger partial charge < -0.3 is 20.1 Å². The summed E-state index contributed by atoms with van der Waals surface area (Å²) in [5.41, 5.74) is 0.947. The van der Waals surface area contributed by atoms with E-state index < -0.39 is 0 Å². The second-order valence-corrected chi connectivity index (χ2v) is 4.21. The van der Waals surface area contributed by atoms with Crippen LogP contribution in [0.3, 0.4) is 0 Å². The van der Waals surface area contributed by atoms with Gasteiger partial charge in [0.15, 0.2) is 0 Å². The molecule has 1 aliphatic heterocycles. The van der Waals surface area contributed by atoms with Crippen molar-refractivity contribution in [2.24, 2.45) is 0 Å². The van der Waals surface area contributed by atoms with Crippen molar-refractivity contribution in [2.75, 3.05) is 31.7 Å². The number of ether oxygens (including phenoxy) is 1. The smallest absolute Gasteiger partial charge is 0.242 e. The highest BCUT2D eigenvalue weighted by atomic mass is 16.5. The van der Waals surface area contributed by atoms with Gasteiger partial charge in [0, 0.05) is 31.5 Å². The number of nitrogens with one attached hydrogen (secondary N) is 1. The zero-order valence-corrected chi connectivity index (χ0v) is 10.4. The maximum atomic E-state index is 11.8. The monoisotopic (exact) mass is 250 g/mol. The van der Waals surface area contributed by atoms with E-state index in [1.165, 1.54) is 0 Å². The Labute approximate surface area is 106 Å². The SMILES string of the molecule is COc1cccc(N2CCNC(=O)C2CCO)c1. The van der Waals surface area contributed by atoms with Crippen LogP contribution in [0.25, 0.3) is 0 Å². The minimum Gasteiger partial charge on any atom is -0.497 e. The first-order valence-electron chi connectivity index (χ1n) is 6.05. The van der Waals surface area contributed by atoms with Crippen LogP contribution in [-0.2, 0) is 4.79 Å². The normalized spacial score (nSPS) is 19.6. The first kappa shape index (κ1) is 12.7. The molecule has 2 rings (SSSR count). The third-order valence-electron chi connectivity index (χ3n) is 3.12. The molecule has 1 aromatic carbocycles. The number of aliphatic hydroxyl groups excluding tert-OH is 1. The van der Waals surface area contributed by atoms with Gasteiger partial charge in [-0.25, -0.2) is 0 Å². The number of nitrogens with zero attached hydrogens (tertiary/aromatic N) is 1. The maximum absolute atomic E-state index is 11.8. The second kappa shape index (κ2) is 5.73. The van der Waals surface area contributed by atoms with Gasteiger partial charge in [0.1, 0.15) is 11.8 Å². The van der Waals surface area contributed by atoms with E-state index in [2.05, 4.69) is 5.32 Å². The third kappa shape index (κ3) is 2.56. The van der Waals surface area contributed by atoms with Crippen LogP contribution >= 0.6 is 0 Å². The average Bonchev–Trinajstić information content (AvgIpc) is 2.41. The fourth-order valence-electron chi connectivity index (χ4n) is 2.22. The Balaban J connectivity index is 2.24. The summed E-state index contributed by atoms with van der Waals surface area (Å²) in [6.07, 6.45) is 0.434. The highest BCUT2D eigenvalue weighted by molar-refractivity contribution is 5.86. The summed E-state index contributed by atoms with van der Waals surface area (Å²) in [7, 11) is 1.62. The Morgan fingerprint density at radius 3 is 3.11 bits per heavy atom. The average molecular weight is 250 g/mol. The van der Waals surface area contributed by atoms with Crippen molar-refractivity contribution in [1.29, 1.82) is 0 Å². The molecular formula is C13H18N2O3. The minimum atomic E-state index is -0.309. The molecule has 1 aromatic rings. The van der Waals surface area contributed by atoms with Gasteiger partial charge >= 0.3 is 0 Å². The Morgan fingerprint density at radius 2 is 2.39 bits per heavy atom. The summed E-state index contributed by atoms with van der Waals surface area (Å²) in [4.78, 5) is 13.8. The molecule has 1 amide bonds. The molecule has 0 saturated carbocycles. The van der Waals surface area contributed by atoms with Crippen LogP contribution in [-0.4, -0.2) is 43.9 Å². The number of carbonyl (C=O) groups excluding carboxylic acids is 1. The lowest BCUT2D eigenvalue weighted by atomic mass is 10.1. The van der Waals surface area contributed by atoms with E-state index in [-0.39, 0.29) is 18.6 Å². The molecule has 5 heteroatoms. The predicted octanol–water partition coefficient (Wildman–Crippen LogP) is 0.382. The molecule has 1 fully saturated rings. The van der Waals surface area contributed by atoms with Crippen molar-refractivity contribution in [3.8, 4) is 5.75 Å². The molecule has 0 bridgehead atoms. The molecule has 1 heterocycles. The molecule has 0 aliphatic carbocycles. The minimum absolute atomic E-state index is 0.00143. The van der Waals surface area contributed by atoms with Crippen molar-refractivity contribution >= 4 is 11.6 Å². The summed E-state index contributed by atoms with van der Waals surface area (Å²) in [6.45, 7) is 1.36.